The lowest BCUT2D eigenvalue weighted by molar-refractivity contribution is -0.136. The third-order valence-corrected chi connectivity index (χ3v) is 4.89. The van der Waals surface area contributed by atoms with Crippen LogP contribution in [0, 0.1) is 0 Å². The van der Waals surface area contributed by atoms with Gasteiger partial charge in [-0.2, -0.15) is 0 Å². The minimum atomic E-state index is -0.699. The van der Waals surface area contributed by atoms with Crippen LogP contribution in [-0.4, -0.2) is 28.8 Å². The topological polar surface area (TPSA) is 91.6 Å². The fourth-order valence-corrected chi connectivity index (χ4v) is 3.55. The van der Waals surface area contributed by atoms with Crippen molar-refractivity contribution >= 4 is 11.8 Å². The highest BCUT2D eigenvalue weighted by atomic mass is 16.5. The number of methoxy groups -OCH3 is 1. The molecule has 8 nitrogen and oxygen atoms in total. The summed E-state index contributed by atoms with van der Waals surface area (Å²) < 4.78 is 13.0. The van der Waals surface area contributed by atoms with Crippen LogP contribution in [0.3, 0.4) is 0 Å². The van der Waals surface area contributed by atoms with Gasteiger partial charge in [0.05, 0.1) is 30.8 Å². The van der Waals surface area contributed by atoms with Crippen LogP contribution in [0.25, 0.3) is 0 Å². The largest absolute Gasteiger partial charge is 0.494 e. The standard InChI is InChI=1S/C20H23N3O5/c1-6-28-13-9-7-8-12(10-13)15-14(19(25)27-5)11(2)21-17-16(15)18(24)23(4)20(26)22(17)3/h7-10,15,21H,6H2,1-5H3. The van der Waals surface area contributed by atoms with Crippen molar-refractivity contribution in [2.24, 2.45) is 14.1 Å². The Hall–Kier alpha value is -3.29. The third-order valence-electron chi connectivity index (χ3n) is 4.89. The van der Waals surface area contributed by atoms with E-state index >= 15 is 0 Å². The zero-order valence-electron chi connectivity index (χ0n) is 16.5. The van der Waals surface area contributed by atoms with Gasteiger partial charge in [0.2, 0.25) is 0 Å². The van der Waals surface area contributed by atoms with Gasteiger partial charge in [-0.15, -0.1) is 0 Å². The van der Waals surface area contributed by atoms with E-state index in [0.717, 1.165) is 4.57 Å². The molecule has 3 rings (SSSR count). The molecule has 0 radical (unpaired) electrons. The molecule has 1 aliphatic heterocycles. The molecule has 1 aromatic carbocycles. The molecule has 0 saturated heterocycles. The molecule has 2 aromatic rings. The molecule has 1 atom stereocenters. The van der Waals surface area contributed by atoms with Gasteiger partial charge in [0.1, 0.15) is 11.6 Å². The lowest BCUT2D eigenvalue weighted by atomic mass is 9.82. The minimum Gasteiger partial charge on any atom is -0.494 e. The fourth-order valence-electron chi connectivity index (χ4n) is 3.55. The number of fused-ring (bicyclic) bond motifs is 1. The minimum absolute atomic E-state index is 0.309. The van der Waals surface area contributed by atoms with Crippen LogP contribution in [0.15, 0.2) is 45.1 Å². The first-order chi connectivity index (χ1) is 13.3. The van der Waals surface area contributed by atoms with Crippen LogP contribution in [0.2, 0.25) is 0 Å². The first kappa shape index (κ1) is 19.5. The lowest BCUT2D eigenvalue weighted by Gasteiger charge is -2.30. The molecule has 0 aliphatic carbocycles. The first-order valence-electron chi connectivity index (χ1n) is 8.90. The number of esters is 1. The number of hydrogen-bond acceptors (Lipinski definition) is 6. The van der Waals surface area contributed by atoms with Crippen LogP contribution in [0.4, 0.5) is 5.82 Å². The van der Waals surface area contributed by atoms with E-state index in [9.17, 15) is 14.4 Å². The highest BCUT2D eigenvalue weighted by Crippen LogP contribution is 2.40. The summed E-state index contributed by atoms with van der Waals surface area (Å²) in [7, 11) is 4.30. The molecule has 1 N–H and O–H groups in total. The smallest absolute Gasteiger partial charge is 0.336 e. The summed E-state index contributed by atoms with van der Waals surface area (Å²) in [6.45, 7) is 4.08. The van der Waals surface area contributed by atoms with Gasteiger partial charge >= 0.3 is 11.7 Å². The Morgan fingerprint density at radius 1 is 1.21 bits per heavy atom. The summed E-state index contributed by atoms with van der Waals surface area (Å²) in [6.07, 6.45) is 0. The molecule has 2 heterocycles. The Kier molecular flexibility index (Phi) is 5.13. The molecular formula is C20H23N3O5. The molecule has 8 heteroatoms. The van der Waals surface area contributed by atoms with Crippen LogP contribution in [0.1, 0.15) is 30.9 Å². The Balaban J connectivity index is 2.37. The van der Waals surface area contributed by atoms with Gasteiger partial charge < -0.3 is 14.8 Å². The number of rotatable bonds is 4. The van der Waals surface area contributed by atoms with Gasteiger partial charge in [-0.25, -0.2) is 9.59 Å². The number of nitrogens with one attached hydrogen (secondary N) is 1. The Morgan fingerprint density at radius 2 is 1.93 bits per heavy atom. The summed E-state index contributed by atoms with van der Waals surface area (Å²) in [6, 6.07) is 7.23. The summed E-state index contributed by atoms with van der Waals surface area (Å²) in [5, 5.41) is 3.04. The molecule has 1 unspecified atom stereocenters. The summed E-state index contributed by atoms with van der Waals surface area (Å²) in [4.78, 5) is 38.0. The molecule has 1 aromatic heterocycles. The van der Waals surface area contributed by atoms with Crippen molar-refractivity contribution < 1.29 is 14.3 Å². The number of carbonyl (C=O) groups is 1. The highest BCUT2D eigenvalue weighted by Gasteiger charge is 2.37. The van der Waals surface area contributed by atoms with Crippen LogP contribution >= 0.6 is 0 Å². The lowest BCUT2D eigenvalue weighted by Crippen LogP contribution is -2.43. The highest BCUT2D eigenvalue weighted by molar-refractivity contribution is 5.94. The zero-order chi connectivity index (χ0) is 20.6. The molecule has 148 valence electrons. The normalized spacial score (nSPS) is 15.7. The number of allylic oxidation sites excluding steroid dienone is 1. The predicted molar refractivity (Wildman–Crippen MR) is 105 cm³/mol. The van der Waals surface area contributed by atoms with Crippen molar-refractivity contribution in [3.05, 3.63) is 67.5 Å². The third kappa shape index (κ3) is 3.00. The van der Waals surface area contributed by atoms with Gasteiger partial charge in [0.15, 0.2) is 0 Å². The Labute approximate surface area is 162 Å². The van der Waals surface area contributed by atoms with Gasteiger partial charge in [-0.1, -0.05) is 12.1 Å². The maximum Gasteiger partial charge on any atom is 0.336 e. The summed E-state index contributed by atoms with van der Waals surface area (Å²) in [5.74, 6) is -0.248. The van der Waals surface area contributed by atoms with Crippen LogP contribution in [-0.2, 0) is 23.6 Å². The van der Waals surface area contributed by atoms with E-state index in [4.69, 9.17) is 9.47 Å². The van der Waals surface area contributed by atoms with Crippen LogP contribution < -0.4 is 21.3 Å². The van der Waals surface area contributed by atoms with E-state index in [0.29, 0.717) is 40.6 Å². The number of ether oxygens (including phenoxy) is 2. The Morgan fingerprint density at radius 3 is 2.57 bits per heavy atom. The predicted octanol–water partition coefficient (Wildman–Crippen LogP) is 1.49. The molecule has 0 fully saturated rings. The summed E-state index contributed by atoms with van der Waals surface area (Å²) in [5.41, 5.74) is 0.931. The van der Waals surface area contributed by atoms with E-state index in [-0.39, 0.29) is 0 Å². The van der Waals surface area contributed by atoms with Crippen molar-refractivity contribution in [3.63, 3.8) is 0 Å². The van der Waals surface area contributed by atoms with Gasteiger partial charge in [0, 0.05) is 19.8 Å². The Bertz CT molecular complexity index is 1090. The zero-order valence-corrected chi connectivity index (χ0v) is 16.5. The van der Waals surface area contributed by atoms with E-state index in [1.54, 1.807) is 26.1 Å². The quantitative estimate of drug-likeness (QED) is 0.802. The number of carbonyl (C=O) groups excluding carboxylic acids is 1. The molecule has 1 aliphatic rings. The fraction of sp³-hybridized carbons (Fsp3) is 0.350. The molecule has 0 spiro atoms. The number of hydrogen-bond donors (Lipinski definition) is 1. The van der Waals surface area contributed by atoms with Crippen LogP contribution in [0.5, 0.6) is 5.75 Å². The first-order valence-corrected chi connectivity index (χ1v) is 8.90. The second-order valence-electron chi connectivity index (χ2n) is 6.56. The maximum atomic E-state index is 13.0. The van der Waals surface area contributed by atoms with Gasteiger partial charge in [-0.05, 0) is 31.5 Å². The average Bonchev–Trinajstić information content (AvgIpc) is 2.69. The average molecular weight is 385 g/mol. The van der Waals surface area contributed by atoms with E-state index in [1.807, 2.05) is 19.1 Å². The summed E-state index contributed by atoms with van der Waals surface area (Å²) >= 11 is 0. The van der Waals surface area contributed by atoms with E-state index in [1.165, 1.54) is 18.7 Å². The van der Waals surface area contributed by atoms with Crippen molar-refractivity contribution in [2.45, 2.75) is 19.8 Å². The van der Waals surface area contributed by atoms with E-state index in [2.05, 4.69) is 5.32 Å². The van der Waals surface area contributed by atoms with Crippen molar-refractivity contribution in [1.82, 2.24) is 9.13 Å². The molecule has 28 heavy (non-hydrogen) atoms. The number of benzene rings is 1. The van der Waals surface area contributed by atoms with Crippen molar-refractivity contribution in [3.8, 4) is 5.75 Å². The molecule has 0 bridgehead atoms. The number of nitrogens with zero attached hydrogens (tertiary/aromatic N) is 2. The monoisotopic (exact) mass is 385 g/mol. The second-order valence-corrected chi connectivity index (χ2v) is 6.56. The maximum absolute atomic E-state index is 13.0. The number of aromatic nitrogens is 2. The molecule has 0 amide bonds. The van der Waals surface area contributed by atoms with E-state index < -0.39 is 23.1 Å². The molecule has 0 saturated carbocycles. The van der Waals surface area contributed by atoms with Gasteiger partial charge in [0.25, 0.3) is 5.56 Å². The number of anilines is 1. The second kappa shape index (κ2) is 7.38. The van der Waals surface area contributed by atoms with Crippen molar-refractivity contribution in [1.29, 1.82) is 0 Å². The van der Waals surface area contributed by atoms with Crippen molar-refractivity contribution in [2.75, 3.05) is 19.0 Å². The molecular weight excluding hydrogens is 362 g/mol. The SMILES string of the molecule is CCOc1cccc(C2C(C(=O)OC)=C(C)Nc3c2c(=O)n(C)c(=O)n3C)c1. The van der Waals surface area contributed by atoms with Gasteiger partial charge in [-0.3, -0.25) is 13.9 Å².